The quantitative estimate of drug-likeness (QED) is 0.783. The molecule has 21 heavy (non-hydrogen) atoms. The topological polar surface area (TPSA) is 78.9 Å². The van der Waals surface area contributed by atoms with Crippen molar-refractivity contribution < 1.29 is 19.4 Å². The third-order valence-electron chi connectivity index (χ3n) is 2.71. The molecule has 116 valence electrons. The van der Waals surface area contributed by atoms with Crippen molar-refractivity contribution >= 4 is 27.9 Å². The van der Waals surface area contributed by atoms with Gasteiger partial charge in [-0.25, -0.2) is 4.79 Å². The van der Waals surface area contributed by atoms with Crippen LogP contribution in [-0.2, 0) is 4.79 Å². The van der Waals surface area contributed by atoms with E-state index in [1.165, 1.54) is 4.90 Å². The SMILES string of the molecule is CC(CNC(=O)N(C)CCC(=O)O)Oc1ccccc1Br. The molecule has 1 atom stereocenters. The second-order valence-corrected chi connectivity index (χ2v) is 5.46. The number of ether oxygens (including phenoxy) is 1. The maximum absolute atomic E-state index is 11.7. The molecule has 1 unspecified atom stereocenters. The van der Waals surface area contributed by atoms with Gasteiger partial charge in [0.15, 0.2) is 0 Å². The predicted octanol–water partition coefficient (Wildman–Crippen LogP) is 2.33. The van der Waals surface area contributed by atoms with Gasteiger partial charge in [-0.1, -0.05) is 12.1 Å². The number of urea groups is 1. The fraction of sp³-hybridized carbons (Fsp3) is 0.429. The number of nitrogens with one attached hydrogen (secondary N) is 1. The van der Waals surface area contributed by atoms with E-state index in [1.807, 2.05) is 31.2 Å². The molecule has 1 aromatic rings. The lowest BCUT2D eigenvalue weighted by molar-refractivity contribution is -0.137. The van der Waals surface area contributed by atoms with Crippen LogP contribution in [0.5, 0.6) is 5.75 Å². The van der Waals surface area contributed by atoms with Crippen molar-refractivity contribution in [2.45, 2.75) is 19.4 Å². The molecule has 0 fully saturated rings. The standard InChI is InChI=1S/C14H19BrN2O4/c1-10(21-12-6-4-3-5-11(12)15)9-16-14(20)17(2)8-7-13(18)19/h3-6,10H,7-9H2,1-2H3,(H,16,20)(H,18,19). The van der Waals surface area contributed by atoms with Crippen molar-refractivity contribution in [3.8, 4) is 5.75 Å². The van der Waals surface area contributed by atoms with E-state index in [9.17, 15) is 9.59 Å². The summed E-state index contributed by atoms with van der Waals surface area (Å²) >= 11 is 3.39. The smallest absolute Gasteiger partial charge is 0.317 e. The largest absolute Gasteiger partial charge is 0.488 e. The van der Waals surface area contributed by atoms with Crippen LogP contribution in [0.4, 0.5) is 4.79 Å². The predicted molar refractivity (Wildman–Crippen MR) is 82.5 cm³/mol. The third-order valence-corrected chi connectivity index (χ3v) is 3.37. The maximum Gasteiger partial charge on any atom is 0.317 e. The molecular formula is C14H19BrN2O4. The summed E-state index contributed by atoms with van der Waals surface area (Å²) in [6.07, 6.45) is -0.284. The fourth-order valence-corrected chi connectivity index (χ4v) is 1.91. The van der Waals surface area contributed by atoms with Crippen molar-refractivity contribution in [3.63, 3.8) is 0 Å². The lowest BCUT2D eigenvalue weighted by Gasteiger charge is -2.20. The Hall–Kier alpha value is -1.76. The van der Waals surface area contributed by atoms with E-state index in [0.717, 1.165) is 4.47 Å². The van der Waals surface area contributed by atoms with Gasteiger partial charge in [0.25, 0.3) is 0 Å². The molecule has 0 saturated heterocycles. The Bertz CT molecular complexity index is 496. The molecule has 2 N–H and O–H groups in total. The summed E-state index contributed by atoms with van der Waals surface area (Å²) in [4.78, 5) is 23.5. The summed E-state index contributed by atoms with van der Waals surface area (Å²) in [5.41, 5.74) is 0. The van der Waals surface area contributed by atoms with E-state index in [1.54, 1.807) is 7.05 Å². The number of para-hydroxylation sites is 1. The number of hydrogen-bond acceptors (Lipinski definition) is 3. The van der Waals surface area contributed by atoms with Crippen molar-refractivity contribution in [1.82, 2.24) is 10.2 Å². The molecule has 0 aromatic heterocycles. The van der Waals surface area contributed by atoms with Gasteiger partial charge in [-0.15, -0.1) is 0 Å². The molecule has 0 bridgehead atoms. The number of amides is 2. The van der Waals surface area contributed by atoms with E-state index >= 15 is 0 Å². The molecule has 1 aromatic carbocycles. The number of carboxylic acid groups (broad SMARTS) is 1. The Morgan fingerprint density at radius 3 is 2.71 bits per heavy atom. The Balaban J connectivity index is 2.35. The second kappa shape index (κ2) is 8.51. The van der Waals surface area contributed by atoms with E-state index in [4.69, 9.17) is 9.84 Å². The lowest BCUT2D eigenvalue weighted by atomic mass is 10.3. The van der Waals surface area contributed by atoms with Crippen molar-refractivity contribution in [2.75, 3.05) is 20.1 Å². The van der Waals surface area contributed by atoms with E-state index in [0.29, 0.717) is 12.3 Å². The molecule has 0 aliphatic rings. The van der Waals surface area contributed by atoms with Crippen LogP contribution in [0.2, 0.25) is 0 Å². The molecule has 0 aliphatic heterocycles. The van der Waals surface area contributed by atoms with Gasteiger partial charge in [0, 0.05) is 13.6 Å². The normalized spacial score (nSPS) is 11.6. The first-order valence-corrected chi connectivity index (χ1v) is 7.31. The molecule has 0 spiro atoms. The first-order chi connectivity index (χ1) is 9.90. The molecular weight excluding hydrogens is 340 g/mol. The van der Waals surface area contributed by atoms with Crippen molar-refractivity contribution in [1.29, 1.82) is 0 Å². The van der Waals surface area contributed by atoms with Crippen LogP contribution >= 0.6 is 15.9 Å². The highest BCUT2D eigenvalue weighted by atomic mass is 79.9. The van der Waals surface area contributed by atoms with Gasteiger partial charge < -0.3 is 20.1 Å². The van der Waals surface area contributed by atoms with Crippen LogP contribution in [0, 0.1) is 0 Å². The molecule has 0 aliphatic carbocycles. The number of halogens is 1. The number of carbonyl (C=O) groups excluding carboxylic acids is 1. The maximum atomic E-state index is 11.7. The van der Waals surface area contributed by atoms with Crippen molar-refractivity contribution in [3.05, 3.63) is 28.7 Å². The van der Waals surface area contributed by atoms with Gasteiger partial charge in [-0.2, -0.15) is 0 Å². The highest BCUT2D eigenvalue weighted by molar-refractivity contribution is 9.10. The monoisotopic (exact) mass is 358 g/mol. The van der Waals surface area contributed by atoms with Crippen LogP contribution in [0.15, 0.2) is 28.7 Å². The minimum atomic E-state index is -0.930. The molecule has 0 saturated carbocycles. The van der Waals surface area contributed by atoms with Crippen LogP contribution in [0.3, 0.4) is 0 Å². The van der Waals surface area contributed by atoms with Gasteiger partial charge in [0.1, 0.15) is 11.9 Å². The number of hydrogen-bond donors (Lipinski definition) is 2. The zero-order valence-electron chi connectivity index (χ0n) is 12.0. The molecule has 6 nitrogen and oxygen atoms in total. The molecule has 0 radical (unpaired) electrons. The lowest BCUT2D eigenvalue weighted by Crippen LogP contribution is -2.42. The van der Waals surface area contributed by atoms with Gasteiger partial charge in [-0.3, -0.25) is 4.79 Å². The van der Waals surface area contributed by atoms with Crippen LogP contribution < -0.4 is 10.1 Å². The first kappa shape index (κ1) is 17.3. The Kier molecular flexibility index (Phi) is 7.01. The Morgan fingerprint density at radius 2 is 2.10 bits per heavy atom. The minimum absolute atomic E-state index is 0.0765. The highest BCUT2D eigenvalue weighted by Crippen LogP contribution is 2.24. The summed E-state index contributed by atoms with van der Waals surface area (Å²) in [6, 6.07) is 7.15. The zero-order valence-corrected chi connectivity index (χ0v) is 13.6. The number of rotatable bonds is 7. The number of aliphatic carboxylic acids is 1. The van der Waals surface area contributed by atoms with Gasteiger partial charge in [-0.05, 0) is 35.0 Å². The third kappa shape index (κ3) is 6.48. The number of benzene rings is 1. The zero-order chi connectivity index (χ0) is 15.8. The number of carbonyl (C=O) groups is 2. The number of nitrogens with zero attached hydrogens (tertiary/aromatic N) is 1. The average Bonchev–Trinajstić information content (AvgIpc) is 2.44. The summed E-state index contributed by atoms with van der Waals surface area (Å²) in [7, 11) is 1.55. The van der Waals surface area contributed by atoms with Gasteiger partial charge in [0.2, 0.25) is 0 Å². The summed E-state index contributed by atoms with van der Waals surface area (Å²) < 4.78 is 6.55. The summed E-state index contributed by atoms with van der Waals surface area (Å²) in [5, 5.41) is 11.3. The minimum Gasteiger partial charge on any atom is -0.488 e. The summed E-state index contributed by atoms with van der Waals surface area (Å²) in [5.74, 6) is -0.223. The van der Waals surface area contributed by atoms with Gasteiger partial charge in [0.05, 0.1) is 17.4 Å². The fourth-order valence-electron chi connectivity index (χ4n) is 1.53. The first-order valence-electron chi connectivity index (χ1n) is 6.52. The molecule has 2 amide bonds. The van der Waals surface area contributed by atoms with E-state index < -0.39 is 5.97 Å². The van der Waals surface area contributed by atoms with Crippen LogP contribution in [0.25, 0.3) is 0 Å². The Labute approximate surface area is 132 Å². The molecule has 7 heteroatoms. The molecule has 1 rings (SSSR count). The van der Waals surface area contributed by atoms with Gasteiger partial charge >= 0.3 is 12.0 Å². The number of carboxylic acids is 1. The van der Waals surface area contributed by atoms with Crippen LogP contribution in [-0.4, -0.2) is 48.2 Å². The summed E-state index contributed by atoms with van der Waals surface area (Å²) in [6.45, 7) is 2.34. The van der Waals surface area contributed by atoms with E-state index in [-0.39, 0.29) is 25.1 Å². The Morgan fingerprint density at radius 1 is 1.43 bits per heavy atom. The second-order valence-electron chi connectivity index (χ2n) is 4.61. The van der Waals surface area contributed by atoms with E-state index in [2.05, 4.69) is 21.2 Å². The average molecular weight is 359 g/mol. The highest BCUT2D eigenvalue weighted by Gasteiger charge is 2.12. The molecule has 0 heterocycles. The van der Waals surface area contributed by atoms with Crippen LogP contribution in [0.1, 0.15) is 13.3 Å². The van der Waals surface area contributed by atoms with Crippen molar-refractivity contribution in [2.24, 2.45) is 0 Å².